The first-order valence-electron chi connectivity index (χ1n) is 8.28. The highest BCUT2D eigenvalue weighted by Crippen LogP contribution is 2.28. The van der Waals surface area contributed by atoms with Crippen molar-refractivity contribution < 1.29 is 9.47 Å². The maximum Gasteiger partial charge on any atom is 0.131 e. The van der Waals surface area contributed by atoms with Crippen molar-refractivity contribution in [1.29, 1.82) is 0 Å². The van der Waals surface area contributed by atoms with Gasteiger partial charge < -0.3 is 9.47 Å². The summed E-state index contributed by atoms with van der Waals surface area (Å²) in [5.41, 5.74) is 2.42. The zero-order valence-corrected chi connectivity index (χ0v) is 14.7. The first-order valence-corrected chi connectivity index (χ1v) is 8.28. The fraction of sp³-hybridized carbons (Fsp3) is 0.182. The second kappa shape index (κ2) is 8.78. The maximum absolute atomic E-state index is 5.85. The van der Waals surface area contributed by atoms with Gasteiger partial charge in [0, 0.05) is 6.07 Å². The third-order valence-electron chi connectivity index (χ3n) is 3.32. The van der Waals surface area contributed by atoms with Crippen molar-refractivity contribution in [3.05, 3.63) is 83.9 Å². The van der Waals surface area contributed by atoms with Gasteiger partial charge >= 0.3 is 0 Å². The second-order valence-corrected chi connectivity index (χ2v) is 5.31. The van der Waals surface area contributed by atoms with E-state index in [2.05, 4.69) is 13.8 Å². The Balaban J connectivity index is 0.00000100. The van der Waals surface area contributed by atoms with Crippen molar-refractivity contribution in [2.45, 2.75) is 27.7 Å². The largest absolute Gasteiger partial charge is 0.457 e. The molecular weight excluding hydrogens is 296 g/mol. The van der Waals surface area contributed by atoms with Gasteiger partial charge in [0.05, 0.1) is 0 Å². The number of rotatable bonds is 4. The summed E-state index contributed by atoms with van der Waals surface area (Å²) >= 11 is 0. The van der Waals surface area contributed by atoms with Crippen LogP contribution in [0.4, 0.5) is 0 Å². The molecule has 0 atom stereocenters. The van der Waals surface area contributed by atoms with Crippen molar-refractivity contribution in [3.63, 3.8) is 0 Å². The Bertz CT molecular complexity index is 681. The number of aryl methyl sites for hydroxylation is 2. The molecular formula is C22H24O2. The van der Waals surface area contributed by atoms with Crippen molar-refractivity contribution in [2.75, 3.05) is 0 Å². The van der Waals surface area contributed by atoms with Crippen LogP contribution in [-0.4, -0.2) is 0 Å². The van der Waals surface area contributed by atoms with Crippen LogP contribution in [0.25, 0.3) is 0 Å². The van der Waals surface area contributed by atoms with Gasteiger partial charge in [-0.15, -0.1) is 0 Å². The number of benzene rings is 3. The van der Waals surface area contributed by atoms with E-state index >= 15 is 0 Å². The summed E-state index contributed by atoms with van der Waals surface area (Å²) in [5.74, 6) is 3.15. The predicted octanol–water partition coefficient (Wildman–Crippen LogP) is 6.91. The minimum absolute atomic E-state index is 0.758. The minimum atomic E-state index is 0.758. The van der Waals surface area contributed by atoms with E-state index in [4.69, 9.17) is 9.47 Å². The number of ether oxygens (including phenoxy) is 2. The first-order chi connectivity index (χ1) is 11.7. The van der Waals surface area contributed by atoms with E-state index in [1.807, 2.05) is 86.6 Å². The molecule has 0 saturated carbocycles. The lowest BCUT2D eigenvalue weighted by atomic mass is 10.2. The molecule has 0 aliphatic rings. The molecule has 2 heteroatoms. The van der Waals surface area contributed by atoms with Crippen molar-refractivity contribution in [2.24, 2.45) is 0 Å². The molecule has 0 amide bonds. The average Bonchev–Trinajstić information content (AvgIpc) is 2.61. The van der Waals surface area contributed by atoms with Gasteiger partial charge in [-0.1, -0.05) is 55.3 Å². The van der Waals surface area contributed by atoms with Crippen LogP contribution < -0.4 is 9.47 Å². The molecule has 3 aromatic rings. The molecule has 124 valence electrons. The minimum Gasteiger partial charge on any atom is -0.457 e. The van der Waals surface area contributed by atoms with Gasteiger partial charge in [0.25, 0.3) is 0 Å². The third kappa shape index (κ3) is 5.17. The van der Waals surface area contributed by atoms with E-state index in [1.54, 1.807) is 0 Å². The van der Waals surface area contributed by atoms with Crippen LogP contribution >= 0.6 is 0 Å². The highest BCUT2D eigenvalue weighted by molar-refractivity contribution is 5.40. The number of hydrogen-bond acceptors (Lipinski definition) is 2. The fourth-order valence-corrected chi connectivity index (χ4v) is 2.09. The Morgan fingerprint density at radius 1 is 0.500 bits per heavy atom. The lowest BCUT2D eigenvalue weighted by Crippen LogP contribution is -1.87. The fourth-order valence-electron chi connectivity index (χ4n) is 2.09. The summed E-state index contributed by atoms with van der Waals surface area (Å²) < 4.78 is 11.7. The Labute approximate surface area is 144 Å². The van der Waals surface area contributed by atoms with Crippen molar-refractivity contribution in [3.8, 4) is 23.0 Å². The van der Waals surface area contributed by atoms with E-state index in [-0.39, 0.29) is 0 Å². The summed E-state index contributed by atoms with van der Waals surface area (Å²) in [6.45, 7) is 8.11. The van der Waals surface area contributed by atoms with Crippen molar-refractivity contribution >= 4 is 0 Å². The molecule has 0 aliphatic carbocycles. The Kier molecular flexibility index (Phi) is 6.44. The molecule has 0 aromatic heterocycles. The van der Waals surface area contributed by atoms with E-state index in [0.717, 1.165) is 23.0 Å². The van der Waals surface area contributed by atoms with Crippen LogP contribution in [0.15, 0.2) is 72.8 Å². The molecule has 0 N–H and O–H groups in total. The summed E-state index contributed by atoms with van der Waals surface area (Å²) in [5, 5.41) is 0. The molecule has 0 saturated heterocycles. The van der Waals surface area contributed by atoms with Crippen LogP contribution in [0.5, 0.6) is 23.0 Å². The van der Waals surface area contributed by atoms with Gasteiger partial charge in [-0.05, 0) is 50.2 Å². The number of hydrogen-bond donors (Lipinski definition) is 0. The molecule has 0 spiro atoms. The summed E-state index contributed by atoms with van der Waals surface area (Å²) in [6, 6.07) is 23.6. The summed E-state index contributed by atoms with van der Waals surface area (Å²) in [6.07, 6.45) is 0. The Morgan fingerprint density at radius 3 is 1.25 bits per heavy atom. The molecule has 3 rings (SSSR count). The zero-order valence-electron chi connectivity index (χ0n) is 14.7. The van der Waals surface area contributed by atoms with Crippen LogP contribution in [0.3, 0.4) is 0 Å². The van der Waals surface area contributed by atoms with Crippen LogP contribution in [-0.2, 0) is 0 Å². The topological polar surface area (TPSA) is 18.5 Å². The molecule has 0 unspecified atom stereocenters. The normalized spacial score (nSPS) is 9.67. The van der Waals surface area contributed by atoms with Gasteiger partial charge in [0.2, 0.25) is 0 Å². The van der Waals surface area contributed by atoms with Gasteiger partial charge in [-0.3, -0.25) is 0 Å². The van der Waals surface area contributed by atoms with Crippen LogP contribution in [0, 0.1) is 13.8 Å². The smallest absolute Gasteiger partial charge is 0.131 e. The highest BCUT2D eigenvalue weighted by Gasteiger charge is 2.01. The van der Waals surface area contributed by atoms with Crippen LogP contribution in [0.2, 0.25) is 0 Å². The molecule has 24 heavy (non-hydrogen) atoms. The van der Waals surface area contributed by atoms with Crippen molar-refractivity contribution in [1.82, 2.24) is 0 Å². The highest BCUT2D eigenvalue weighted by atomic mass is 16.5. The molecule has 0 bridgehead atoms. The Morgan fingerprint density at radius 2 is 0.875 bits per heavy atom. The van der Waals surface area contributed by atoms with E-state index < -0.39 is 0 Å². The predicted molar refractivity (Wildman–Crippen MR) is 100 cm³/mol. The standard InChI is InChI=1S/C20H18O2.C2H6/c1-15-6-10-17(11-7-15)21-19-4-3-5-20(14-19)22-18-12-8-16(2)9-13-18;1-2/h3-14H,1-2H3;1-2H3. The molecule has 0 radical (unpaired) electrons. The van der Waals surface area contributed by atoms with Crippen LogP contribution in [0.1, 0.15) is 25.0 Å². The summed E-state index contributed by atoms with van der Waals surface area (Å²) in [4.78, 5) is 0. The molecule has 3 aromatic carbocycles. The lowest BCUT2D eigenvalue weighted by molar-refractivity contribution is 0.460. The summed E-state index contributed by atoms with van der Waals surface area (Å²) in [7, 11) is 0. The monoisotopic (exact) mass is 320 g/mol. The van der Waals surface area contributed by atoms with E-state index in [1.165, 1.54) is 11.1 Å². The zero-order chi connectivity index (χ0) is 17.4. The Hall–Kier alpha value is -2.74. The van der Waals surface area contributed by atoms with E-state index in [0.29, 0.717) is 0 Å². The van der Waals surface area contributed by atoms with Gasteiger partial charge in [0.15, 0.2) is 0 Å². The van der Waals surface area contributed by atoms with Gasteiger partial charge in [0.1, 0.15) is 23.0 Å². The molecule has 0 aliphatic heterocycles. The molecule has 0 heterocycles. The first kappa shape index (κ1) is 17.6. The average molecular weight is 320 g/mol. The molecule has 2 nitrogen and oxygen atoms in total. The second-order valence-electron chi connectivity index (χ2n) is 5.31. The van der Waals surface area contributed by atoms with Gasteiger partial charge in [-0.2, -0.15) is 0 Å². The third-order valence-corrected chi connectivity index (χ3v) is 3.32. The quantitative estimate of drug-likeness (QED) is 0.519. The SMILES string of the molecule is CC.Cc1ccc(Oc2cccc(Oc3ccc(C)cc3)c2)cc1. The van der Waals surface area contributed by atoms with E-state index in [9.17, 15) is 0 Å². The molecule has 0 fully saturated rings. The lowest BCUT2D eigenvalue weighted by Gasteiger charge is -2.09. The van der Waals surface area contributed by atoms with Gasteiger partial charge in [-0.25, -0.2) is 0 Å². The maximum atomic E-state index is 5.85.